The summed E-state index contributed by atoms with van der Waals surface area (Å²) in [6.45, 7) is 6.61. The van der Waals surface area contributed by atoms with Crippen molar-refractivity contribution in [2.45, 2.75) is 44.9 Å². The maximum atomic E-state index is 3.45. The molecule has 0 spiro atoms. The van der Waals surface area contributed by atoms with Gasteiger partial charge >= 0.3 is 0 Å². The third kappa shape index (κ3) is 4.12. The maximum absolute atomic E-state index is 3.45. The van der Waals surface area contributed by atoms with Gasteiger partial charge < -0.3 is 10.2 Å². The standard InChI is InChI=1S/C13H26N2/c1-2-4-11-15(10-3-1)12-7-13-5-8-14-9-6-13/h13-14H,1-12H2. The average molecular weight is 210 g/mol. The van der Waals surface area contributed by atoms with Crippen LogP contribution >= 0.6 is 0 Å². The first-order valence-electron chi connectivity index (χ1n) is 6.88. The van der Waals surface area contributed by atoms with Crippen LogP contribution in [0, 0.1) is 5.92 Å². The van der Waals surface area contributed by atoms with Crippen LogP contribution < -0.4 is 5.32 Å². The van der Waals surface area contributed by atoms with Gasteiger partial charge in [-0.3, -0.25) is 0 Å². The van der Waals surface area contributed by atoms with Crippen molar-refractivity contribution in [1.82, 2.24) is 10.2 Å². The van der Waals surface area contributed by atoms with Crippen LogP contribution in [0.25, 0.3) is 0 Å². The molecular formula is C13H26N2. The van der Waals surface area contributed by atoms with Crippen LogP contribution in [0.15, 0.2) is 0 Å². The minimum Gasteiger partial charge on any atom is -0.317 e. The zero-order valence-electron chi connectivity index (χ0n) is 10.0. The summed E-state index contributed by atoms with van der Waals surface area (Å²) < 4.78 is 0. The molecule has 2 aliphatic heterocycles. The van der Waals surface area contributed by atoms with Crippen molar-refractivity contribution in [3.63, 3.8) is 0 Å². The van der Waals surface area contributed by atoms with Crippen LogP contribution in [-0.4, -0.2) is 37.6 Å². The first-order chi connectivity index (χ1) is 7.45. The summed E-state index contributed by atoms with van der Waals surface area (Å²) in [6.07, 6.45) is 10.1. The predicted octanol–water partition coefficient (Wildman–Crippen LogP) is 2.25. The lowest BCUT2D eigenvalue weighted by Gasteiger charge is -2.26. The Morgan fingerprint density at radius 1 is 0.933 bits per heavy atom. The van der Waals surface area contributed by atoms with Crippen molar-refractivity contribution < 1.29 is 0 Å². The highest BCUT2D eigenvalue weighted by atomic mass is 15.1. The summed E-state index contributed by atoms with van der Waals surface area (Å²) in [5.41, 5.74) is 0. The molecule has 2 heteroatoms. The van der Waals surface area contributed by atoms with Crippen molar-refractivity contribution in [2.75, 3.05) is 32.7 Å². The van der Waals surface area contributed by atoms with E-state index in [0.717, 1.165) is 5.92 Å². The van der Waals surface area contributed by atoms with Gasteiger partial charge in [0.2, 0.25) is 0 Å². The molecule has 0 aromatic rings. The maximum Gasteiger partial charge on any atom is -0.00161 e. The van der Waals surface area contributed by atoms with Gasteiger partial charge in [-0.2, -0.15) is 0 Å². The summed E-state index contributed by atoms with van der Waals surface area (Å²) in [6, 6.07) is 0. The van der Waals surface area contributed by atoms with Crippen molar-refractivity contribution in [3.8, 4) is 0 Å². The van der Waals surface area contributed by atoms with Crippen molar-refractivity contribution >= 4 is 0 Å². The Bertz CT molecular complexity index is 156. The smallest absolute Gasteiger partial charge is 0.00161 e. The van der Waals surface area contributed by atoms with E-state index in [4.69, 9.17) is 0 Å². The Hall–Kier alpha value is -0.0800. The van der Waals surface area contributed by atoms with E-state index in [-0.39, 0.29) is 0 Å². The molecule has 15 heavy (non-hydrogen) atoms. The monoisotopic (exact) mass is 210 g/mol. The molecule has 2 nitrogen and oxygen atoms in total. The van der Waals surface area contributed by atoms with Crippen LogP contribution in [-0.2, 0) is 0 Å². The van der Waals surface area contributed by atoms with Gasteiger partial charge in [-0.05, 0) is 70.7 Å². The molecule has 2 rings (SSSR count). The summed E-state index contributed by atoms with van der Waals surface area (Å²) >= 11 is 0. The van der Waals surface area contributed by atoms with Crippen molar-refractivity contribution in [3.05, 3.63) is 0 Å². The summed E-state index contributed by atoms with van der Waals surface area (Å²) in [5.74, 6) is 1.01. The van der Waals surface area contributed by atoms with E-state index in [0.29, 0.717) is 0 Å². The second-order valence-electron chi connectivity index (χ2n) is 5.24. The normalized spacial score (nSPS) is 26.4. The third-order valence-electron chi connectivity index (χ3n) is 4.01. The molecule has 0 saturated carbocycles. The Balaban J connectivity index is 1.62. The second kappa shape index (κ2) is 6.49. The topological polar surface area (TPSA) is 15.3 Å². The van der Waals surface area contributed by atoms with Crippen LogP contribution in [0.3, 0.4) is 0 Å². The minimum atomic E-state index is 1.01. The van der Waals surface area contributed by atoms with E-state index >= 15 is 0 Å². The first kappa shape index (κ1) is 11.4. The van der Waals surface area contributed by atoms with Gasteiger partial charge in [-0.1, -0.05) is 12.8 Å². The molecule has 2 saturated heterocycles. The van der Waals surface area contributed by atoms with Gasteiger partial charge in [-0.25, -0.2) is 0 Å². The summed E-state index contributed by atoms with van der Waals surface area (Å²) in [7, 11) is 0. The van der Waals surface area contributed by atoms with E-state index in [2.05, 4.69) is 10.2 Å². The zero-order valence-corrected chi connectivity index (χ0v) is 10.0. The summed E-state index contributed by atoms with van der Waals surface area (Å²) in [5, 5.41) is 3.45. The van der Waals surface area contributed by atoms with Crippen molar-refractivity contribution in [2.24, 2.45) is 5.92 Å². The van der Waals surface area contributed by atoms with Crippen LogP contribution in [0.4, 0.5) is 0 Å². The number of rotatable bonds is 3. The number of nitrogens with zero attached hydrogens (tertiary/aromatic N) is 1. The molecule has 1 N–H and O–H groups in total. The highest BCUT2D eigenvalue weighted by Crippen LogP contribution is 2.17. The molecule has 0 aromatic heterocycles. The number of hydrogen-bond acceptors (Lipinski definition) is 2. The Kier molecular flexibility index (Phi) is 4.94. The predicted molar refractivity (Wildman–Crippen MR) is 65.1 cm³/mol. The lowest BCUT2D eigenvalue weighted by atomic mass is 9.94. The number of piperidine rings is 1. The molecule has 0 atom stereocenters. The van der Waals surface area contributed by atoms with E-state index in [1.807, 2.05) is 0 Å². The molecule has 2 fully saturated rings. The molecule has 0 bridgehead atoms. The highest BCUT2D eigenvalue weighted by Gasteiger charge is 2.15. The van der Waals surface area contributed by atoms with Gasteiger partial charge in [0, 0.05) is 0 Å². The van der Waals surface area contributed by atoms with Crippen molar-refractivity contribution in [1.29, 1.82) is 0 Å². The Morgan fingerprint density at radius 2 is 1.60 bits per heavy atom. The average Bonchev–Trinajstić information content (AvgIpc) is 2.56. The van der Waals surface area contributed by atoms with Crippen LogP contribution in [0.1, 0.15) is 44.9 Å². The second-order valence-corrected chi connectivity index (χ2v) is 5.24. The molecule has 88 valence electrons. The van der Waals surface area contributed by atoms with Gasteiger partial charge in [0.05, 0.1) is 0 Å². The lowest BCUT2D eigenvalue weighted by molar-refractivity contribution is 0.242. The molecule has 0 amide bonds. The fourth-order valence-electron chi connectivity index (χ4n) is 2.90. The van der Waals surface area contributed by atoms with Crippen LogP contribution in [0.2, 0.25) is 0 Å². The highest BCUT2D eigenvalue weighted by molar-refractivity contribution is 4.71. The fraction of sp³-hybridized carbons (Fsp3) is 1.00. The largest absolute Gasteiger partial charge is 0.317 e. The number of nitrogens with one attached hydrogen (secondary N) is 1. The lowest BCUT2D eigenvalue weighted by Crippen LogP contribution is -2.31. The van der Waals surface area contributed by atoms with Gasteiger partial charge in [0.25, 0.3) is 0 Å². The Morgan fingerprint density at radius 3 is 2.27 bits per heavy atom. The molecule has 2 heterocycles. The van der Waals surface area contributed by atoms with Crippen LogP contribution in [0.5, 0.6) is 0 Å². The first-order valence-corrected chi connectivity index (χ1v) is 6.88. The van der Waals surface area contributed by atoms with E-state index in [1.165, 1.54) is 77.7 Å². The van der Waals surface area contributed by atoms with E-state index in [9.17, 15) is 0 Å². The third-order valence-corrected chi connectivity index (χ3v) is 4.01. The number of hydrogen-bond donors (Lipinski definition) is 1. The van der Waals surface area contributed by atoms with Gasteiger partial charge in [0.15, 0.2) is 0 Å². The van der Waals surface area contributed by atoms with E-state index in [1.54, 1.807) is 0 Å². The number of likely N-dealkylation sites (tertiary alicyclic amines) is 1. The van der Waals surface area contributed by atoms with E-state index < -0.39 is 0 Å². The molecule has 0 aliphatic carbocycles. The zero-order chi connectivity index (χ0) is 10.3. The SMILES string of the molecule is C1CCCN(CCC2CCNCC2)CC1. The molecule has 0 radical (unpaired) electrons. The molecular weight excluding hydrogens is 184 g/mol. The minimum absolute atomic E-state index is 1.01. The molecule has 2 aliphatic rings. The molecule has 0 unspecified atom stereocenters. The quantitative estimate of drug-likeness (QED) is 0.768. The Labute approximate surface area is 94.4 Å². The molecule has 0 aromatic carbocycles. The summed E-state index contributed by atoms with van der Waals surface area (Å²) in [4.78, 5) is 2.70. The van der Waals surface area contributed by atoms with Gasteiger partial charge in [-0.15, -0.1) is 0 Å². The fourth-order valence-corrected chi connectivity index (χ4v) is 2.90. The van der Waals surface area contributed by atoms with Gasteiger partial charge in [0.1, 0.15) is 0 Å².